The van der Waals surface area contributed by atoms with Crippen LogP contribution in [0.15, 0.2) is 11.4 Å². The molecule has 3 heteroatoms. The molecule has 0 aliphatic carbocycles. The molecule has 1 nitrogen and oxygen atoms in total. The van der Waals surface area contributed by atoms with Crippen LogP contribution in [0.25, 0.3) is 0 Å². The summed E-state index contributed by atoms with van der Waals surface area (Å²) >= 11 is 3.89. The van der Waals surface area contributed by atoms with E-state index < -0.39 is 0 Å². The van der Waals surface area contributed by atoms with Crippen molar-refractivity contribution in [3.8, 4) is 0 Å². The van der Waals surface area contributed by atoms with Crippen LogP contribution in [-0.2, 0) is 6.54 Å². The van der Waals surface area contributed by atoms with Gasteiger partial charge in [-0.1, -0.05) is 13.8 Å². The van der Waals surface area contributed by atoms with Crippen LogP contribution in [0.2, 0.25) is 0 Å². The summed E-state index contributed by atoms with van der Waals surface area (Å²) in [5, 5.41) is 5.66. The molecule has 0 saturated carbocycles. The lowest BCUT2D eigenvalue weighted by Crippen LogP contribution is -2.16. The van der Waals surface area contributed by atoms with Crippen molar-refractivity contribution in [3.05, 3.63) is 21.9 Å². The molecule has 15 heavy (non-hydrogen) atoms. The molecule has 0 aliphatic heterocycles. The molecule has 86 valence electrons. The highest BCUT2D eigenvalue weighted by atomic mass is 32.2. The smallest absolute Gasteiger partial charge is 0.0302 e. The minimum absolute atomic E-state index is 0.814. The maximum Gasteiger partial charge on any atom is 0.0302 e. The molecule has 0 radical (unpaired) electrons. The van der Waals surface area contributed by atoms with Gasteiger partial charge in [-0.15, -0.1) is 11.3 Å². The van der Waals surface area contributed by atoms with Gasteiger partial charge in [-0.05, 0) is 35.6 Å². The summed E-state index contributed by atoms with van der Waals surface area (Å²) in [5.41, 5.74) is 1.42. The van der Waals surface area contributed by atoms with E-state index in [2.05, 4.69) is 37.5 Å². The van der Waals surface area contributed by atoms with Crippen molar-refractivity contribution in [1.82, 2.24) is 5.32 Å². The molecular formula is C12H21NS2. The third kappa shape index (κ3) is 5.59. The van der Waals surface area contributed by atoms with E-state index >= 15 is 0 Å². The summed E-state index contributed by atoms with van der Waals surface area (Å²) < 4.78 is 0. The molecule has 0 bridgehead atoms. The van der Waals surface area contributed by atoms with Gasteiger partial charge in [-0.3, -0.25) is 0 Å². The van der Waals surface area contributed by atoms with E-state index in [9.17, 15) is 0 Å². The lowest BCUT2D eigenvalue weighted by molar-refractivity contribution is 0.730. The van der Waals surface area contributed by atoms with E-state index in [-0.39, 0.29) is 0 Å². The van der Waals surface area contributed by atoms with Crippen molar-refractivity contribution in [2.75, 3.05) is 18.1 Å². The van der Waals surface area contributed by atoms with Gasteiger partial charge in [0.2, 0.25) is 0 Å². The standard InChI is InChI=1S/C12H21NS2/c1-10(2)9-14-7-5-13-8-12-11(3)4-6-15-12/h4,6,10,13H,5,7-9H2,1-3H3. The van der Waals surface area contributed by atoms with Crippen molar-refractivity contribution in [2.24, 2.45) is 5.92 Å². The molecule has 0 unspecified atom stereocenters. The molecule has 0 aromatic carbocycles. The van der Waals surface area contributed by atoms with Gasteiger partial charge in [0.1, 0.15) is 0 Å². The number of hydrogen-bond acceptors (Lipinski definition) is 3. The topological polar surface area (TPSA) is 12.0 Å². The van der Waals surface area contributed by atoms with Gasteiger partial charge in [0.25, 0.3) is 0 Å². The Morgan fingerprint density at radius 2 is 2.27 bits per heavy atom. The number of aryl methyl sites for hydroxylation is 1. The van der Waals surface area contributed by atoms with Crippen molar-refractivity contribution in [1.29, 1.82) is 0 Å². The van der Waals surface area contributed by atoms with Gasteiger partial charge < -0.3 is 5.32 Å². The monoisotopic (exact) mass is 243 g/mol. The van der Waals surface area contributed by atoms with E-state index in [0.29, 0.717) is 0 Å². The predicted molar refractivity (Wildman–Crippen MR) is 72.9 cm³/mol. The van der Waals surface area contributed by atoms with E-state index in [1.807, 2.05) is 23.1 Å². The van der Waals surface area contributed by atoms with E-state index in [0.717, 1.165) is 19.0 Å². The maximum atomic E-state index is 3.49. The molecule has 0 amide bonds. The van der Waals surface area contributed by atoms with Crippen molar-refractivity contribution in [3.63, 3.8) is 0 Å². The Morgan fingerprint density at radius 3 is 2.87 bits per heavy atom. The first-order chi connectivity index (χ1) is 7.20. The molecule has 0 saturated heterocycles. The predicted octanol–water partition coefficient (Wildman–Crippen LogP) is 3.54. The first kappa shape index (κ1) is 13.1. The minimum atomic E-state index is 0.814. The van der Waals surface area contributed by atoms with Crippen molar-refractivity contribution < 1.29 is 0 Å². The van der Waals surface area contributed by atoms with Gasteiger partial charge in [-0.25, -0.2) is 0 Å². The van der Waals surface area contributed by atoms with E-state index in [1.54, 1.807) is 0 Å². The number of rotatable bonds is 7. The number of thioether (sulfide) groups is 1. The fraction of sp³-hybridized carbons (Fsp3) is 0.667. The summed E-state index contributed by atoms with van der Waals surface area (Å²) in [6, 6.07) is 2.19. The zero-order valence-corrected chi connectivity index (χ0v) is 11.5. The third-order valence-electron chi connectivity index (χ3n) is 2.13. The van der Waals surface area contributed by atoms with Gasteiger partial charge in [0, 0.05) is 23.7 Å². The fourth-order valence-corrected chi connectivity index (χ4v) is 3.05. The van der Waals surface area contributed by atoms with Crippen LogP contribution >= 0.6 is 23.1 Å². The summed E-state index contributed by atoms with van der Waals surface area (Å²) in [6.07, 6.45) is 0. The Hall–Kier alpha value is 0.01000. The second-order valence-electron chi connectivity index (χ2n) is 4.17. The van der Waals surface area contributed by atoms with Crippen LogP contribution in [0.4, 0.5) is 0 Å². The first-order valence-corrected chi connectivity index (χ1v) is 7.55. The summed E-state index contributed by atoms with van der Waals surface area (Å²) in [6.45, 7) is 8.88. The molecule has 0 spiro atoms. The Balaban J connectivity index is 2.00. The van der Waals surface area contributed by atoms with E-state index in [4.69, 9.17) is 0 Å². The lowest BCUT2D eigenvalue weighted by atomic mass is 10.3. The van der Waals surface area contributed by atoms with Crippen LogP contribution in [0, 0.1) is 12.8 Å². The van der Waals surface area contributed by atoms with Gasteiger partial charge >= 0.3 is 0 Å². The Kier molecular flexibility index (Phi) is 6.37. The van der Waals surface area contributed by atoms with E-state index in [1.165, 1.54) is 21.9 Å². The average molecular weight is 243 g/mol. The highest BCUT2D eigenvalue weighted by Crippen LogP contribution is 2.14. The van der Waals surface area contributed by atoms with Crippen molar-refractivity contribution >= 4 is 23.1 Å². The quantitative estimate of drug-likeness (QED) is 0.735. The Labute approximate surface area is 102 Å². The fourth-order valence-electron chi connectivity index (χ4n) is 1.25. The molecule has 1 N–H and O–H groups in total. The van der Waals surface area contributed by atoms with Crippen LogP contribution in [-0.4, -0.2) is 18.1 Å². The molecule has 1 aromatic rings. The average Bonchev–Trinajstić information content (AvgIpc) is 2.57. The summed E-state index contributed by atoms with van der Waals surface area (Å²) in [4.78, 5) is 1.48. The zero-order valence-electron chi connectivity index (χ0n) is 9.88. The largest absolute Gasteiger partial charge is 0.311 e. The normalized spacial score (nSPS) is 11.2. The SMILES string of the molecule is Cc1ccsc1CNCCSCC(C)C. The van der Waals surface area contributed by atoms with Crippen molar-refractivity contribution in [2.45, 2.75) is 27.3 Å². The number of nitrogens with one attached hydrogen (secondary N) is 1. The molecule has 1 aromatic heterocycles. The van der Waals surface area contributed by atoms with Gasteiger partial charge in [0.15, 0.2) is 0 Å². The Bertz CT molecular complexity index is 268. The Morgan fingerprint density at radius 1 is 1.47 bits per heavy atom. The molecule has 0 aliphatic rings. The molecule has 0 fully saturated rings. The summed E-state index contributed by atoms with van der Waals surface area (Å²) in [7, 11) is 0. The highest BCUT2D eigenvalue weighted by molar-refractivity contribution is 7.99. The zero-order chi connectivity index (χ0) is 11.1. The van der Waals surface area contributed by atoms with Crippen LogP contribution in [0.1, 0.15) is 24.3 Å². The second kappa shape index (κ2) is 7.31. The molecular weight excluding hydrogens is 222 g/mol. The second-order valence-corrected chi connectivity index (χ2v) is 6.32. The summed E-state index contributed by atoms with van der Waals surface area (Å²) in [5.74, 6) is 3.32. The van der Waals surface area contributed by atoms with Gasteiger partial charge in [0.05, 0.1) is 0 Å². The van der Waals surface area contributed by atoms with Crippen LogP contribution in [0.3, 0.4) is 0 Å². The number of thiophene rings is 1. The third-order valence-corrected chi connectivity index (χ3v) is 4.55. The number of hydrogen-bond donors (Lipinski definition) is 1. The highest BCUT2D eigenvalue weighted by Gasteiger charge is 1.98. The molecule has 1 rings (SSSR count). The lowest BCUT2D eigenvalue weighted by Gasteiger charge is -2.06. The molecule has 0 atom stereocenters. The van der Waals surface area contributed by atoms with Gasteiger partial charge in [-0.2, -0.15) is 11.8 Å². The van der Waals surface area contributed by atoms with Crippen LogP contribution < -0.4 is 5.32 Å². The maximum absolute atomic E-state index is 3.49. The minimum Gasteiger partial charge on any atom is -0.311 e. The van der Waals surface area contributed by atoms with Crippen LogP contribution in [0.5, 0.6) is 0 Å². The first-order valence-electron chi connectivity index (χ1n) is 5.51. The molecule has 1 heterocycles.